The number of methoxy groups -OCH3 is 1. The van der Waals surface area contributed by atoms with Crippen LogP contribution in [0.25, 0.3) is 0 Å². The van der Waals surface area contributed by atoms with E-state index in [1.165, 1.54) is 19.4 Å². The van der Waals surface area contributed by atoms with Crippen LogP contribution in [0.15, 0.2) is 53.5 Å². The van der Waals surface area contributed by atoms with Crippen molar-refractivity contribution < 1.29 is 19.1 Å². The van der Waals surface area contributed by atoms with Crippen LogP contribution in [0.4, 0.5) is 5.69 Å². The number of carbonyl (C=O) groups excluding carboxylic acids is 2. The number of aliphatic imine (C=N–C) groups is 1. The molecule has 1 aromatic heterocycles. The van der Waals surface area contributed by atoms with E-state index in [9.17, 15) is 9.59 Å². The van der Waals surface area contributed by atoms with Gasteiger partial charge in [-0.25, -0.2) is 0 Å². The summed E-state index contributed by atoms with van der Waals surface area (Å²) in [6.45, 7) is 1.14. The predicted octanol–water partition coefficient (Wildman–Crippen LogP) is 1.43. The van der Waals surface area contributed by atoms with E-state index in [1.54, 1.807) is 31.4 Å². The number of carbonyl (C=O) groups is 2. The molecule has 0 fully saturated rings. The highest BCUT2D eigenvalue weighted by molar-refractivity contribution is 6.11. The molecule has 2 aromatic rings. The number of likely N-dealkylation sites (N-methyl/N-ethyl adjacent to an activating group) is 1. The molecular weight excluding hydrogens is 386 g/mol. The van der Waals surface area contributed by atoms with Gasteiger partial charge in [0.05, 0.1) is 19.3 Å². The summed E-state index contributed by atoms with van der Waals surface area (Å²) in [5, 5.41) is 5.80. The Morgan fingerprint density at radius 1 is 1.33 bits per heavy atom. The van der Waals surface area contributed by atoms with Crippen LogP contribution in [0.5, 0.6) is 11.5 Å². The number of amidine groups is 1. The third-order valence-electron chi connectivity index (χ3n) is 4.80. The molecule has 0 aliphatic carbocycles. The average Bonchev–Trinajstić information content (AvgIpc) is 3.28. The lowest BCUT2D eigenvalue weighted by Crippen LogP contribution is -2.36. The molecule has 0 atom stereocenters. The lowest BCUT2D eigenvalue weighted by molar-refractivity contribution is -0.122. The van der Waals surface area contributed by atoms with E-state index in [0.29, 0.717) is 41.7 Å². The van der Waals surface area contributed by atoms with Crippen LogP contribution in [0.3, 0.4) is 0 Å². The smallest absolute Gasteiger partial charge is 0.257 e. The van der Waals surface area contributed by atoms with Gasteiger partial charge in [0.25, 0.3) is 5.91 Å². The highest BCUT2D eigenvalue weighted by Crippen LogP contribution is 2.42. The maximum absolute atomic E-state index is 12.7. The molecule has 9 heteroatoms. The fraction of sp³-hybridized carbons (Fsp3) is 0.238. The lowest BCUT2D eigenvalue weighted by Gasteiger charge is -2.32. The molecule has 0 saturated heterocycles. The second-order valence-electron chi connectivity index (χ2n) is 6.60. The maximum Gasteiger partial charge on any atom is 0.257 e. The van der Waals surface area contributed by atoms with Crippen LogP contribution in [0.2, 0.25) is 0 Å². The third kappa shape index (κ3) is 3.57. The van der Waals surface area contributed by atoms with Crippen molar-refractivity contribution in [2.45, 2.75) is 0 Å². The Balaban J connectivity index is 1.72. The topological polar surface area (TPSA) is 105 Å². The number of anilines is 1. The quantitative estimate of drug-likeness (QED) is 0.551. The molecule has 2 aliphatic heterocycles. The molecule has 3 heterocycles. The fourth-order valence-electron chi connectivity index (χ4n) is 3.34. The summed E-state index contributed by atoms with van der Waals surface area (Å²) in [5.41, 5.74) is 1.96. The summed E-state index contributed by atoms with van der Waals surface area (Å²) in [6, 6.07) is 7.04. The number of allylic oxidation sites excluding steroid dienone is 1. The first-order chi connectivity index (χ1) is 14.6. The second-order valence-corrected chi connectivity index (χ2v) is 6.60. The maximum atomic E-state index is 12.7. The average molecular weight is 407 g/mol. The van der Waals surface area contributed by atoms with E-state index in [2.05, 4.69) is 20.6 Å². The normalized spacial score (nSPS) is 15.6. The Morgan fingerprint density at radius 3 is 2.93 bits per heavy atom. The third-order valence-corrected chi connectivity index (χ3v) is 4.80. The zero-order chi connectivity index (χ0) is 21.1. The minimum absolute atomic E-state index is 0.138. The second kappa shape index (κ2) is 8.24. The highest BCUT2D eigenvalue weighted by atomic mass is 16.5. The molecule has 0 bridgehead atoms. The number of rotatable bonds is 6. The zero-order valence-corrected chi connectivity index (χ0v) is 16.6. The number of ether oxygens (including phenoxy) is 2. The Bertz CT molecular complexity index is 1050. The van der Waals surface area contributed by atoms with Gasteiger partial charge in [0.1, 0.15) is 11.7 Å². The van der Waals surface area contributed by atoms with E-state index in [-0.39, 0.29) is 18.3 Å². The number of nitrogens with zero attached hydrogens (tertiary/aromatic N) is 3. The Hall–Kier alpha value is -3.88. The van der Waals surface area contributed by atoms with Crippen molar-refractivity contribution in [1.29, 1.82) is 0 Å². The van der Waals surface area contributed by atoms with Gasteiger partial charge in [-0.2, -0.15) is 0 Å². The van der Waals surface area contributed by atoms with Crippen LogP contribution in [-0.4, -0.2) is 61.3 Å². The number of ketones is 1. The summed E-state index contributed by atoms with van der Waals surface area (Å²) in [7, 11) is 3.07. The number of amides is 1. The summed E-state index contributed by atoms with van der Waals surface area (Å²) in [5.74, 6) is 1.77. The molecule has 4 rings (SSSR count). The van der Waals surface area contributed by atoms with Crippen LogP contribution in [0.1, 0.15) is 15.9 Å². The van der Waals surface area contributed by atoms with Crippen LogP contribution < -0.4 is 20.1 Å². The summed E-state index contributed by atoms with van der Waals surface area (Å²) < 4.78 is 11.2. The van der Waals surface area contributed by atoms with Crippen molar-refractivity contribution in [2.24, 2.45) is 4.99 Å². The standard InChI is InChI=1S/C21H21N5O4/c1-22-18(28)12-30-16-6-5-14-19(20(16)29-2)25-17(26-9-8-24-21(14)26)10-15(27)13-4-3-7-23-11-13/h3-7,10-11,25H,8-9,12H2,1-2H3,(H,22,28)/b17-10+. The minimum Gasteiger partial charge on any atom is -0.491 e. The number of nitrogens with one attached hydrogen (secondary N) is 2. The van der Waals surface area contributed by atoms with E-state index >= 15 is 0 Å². The molecule has 154 valence electrons. The number of hydrogen-bond donors (Lipinski definition) is 2. The zero-order valence-electron chi connectivity index (χ0n) is 16.6. The largest absolute Gasteiger partial charge is 0.491 e. The Labute approximate surface area is 173 Å². The minimum atomic E-state index is -0.253. The first-order valence-electron chi connectivity index (χ1n) is 9.42. The molecule has 1 amide bonds. The first kappa shape index (κ1) is 19.4. The van der Waals surface area contributed by atoms with Gasteiger partial charge >= 0.3 is 0 Å². The van der Waals surface area contributed by atoms with Crippen molar-refractivity contribution in [3.05, 3.63) is 59.7 Å². The van der Waals surface area contributed by atoms with Crippen molar-refractivity contribution in [3.8, 4) is 11.5 Å². The number of benzene rings is 1. The molecule has 0 saturated carbocycles. The van der Waals surface area contributed by atoms with E-state index in [0.717, 1.165) is 11.4 Å². The molecule has 1 aromatic carbocycles. The molecule has 0 radical (unpaired) electrons. The monoisotopic (exact) mass is 407 g/mol. The van der Waals surface area contributed by atoms with Gasteiger partial charge < -0.3 is 25.0 Å². The number of pyridine rings is 1. The van der Waals surface area contributed by atoms with Crippen molar-refractivity contribution in [3.63, 3.8) is 0 Å². The lowest BCUT2D eigenvalue weighted by atomic mass is 10.1. The van der Waals surface area contributed by atoms with E-state index in [1.807, 2.05) is 11.0 Å². The molecule has 0 unspecified atom stereocenters. The van der Waals surface area contributed by atoms with E-state index < -0.39 is 0 Å². The Kier molecular flexibility index (Phi) is 5.34. The molecular formula is C21H21N5O4. The first-order valence-corrected chi connectivity index (χ1v) is 9.42. The van der Waals surface area contributed by atoms with Gasteiger partial charge in [-0.1, -0.05) is 0 Å². The number of aromatic nitrogens is 1. The Morgan fingerprint density at radius 2 is 2.20 bits per heavy atom. The van der Waals surface area contributed by atoms with Crippen molar-refractivity contribution in [1.82, 2.24) is 15.2 Å². The summed E-state index contributed by atoms with van der Waals surface area (Å²) in [6.07, 6.45) is 4.67. The van der Waals surface area contributed by atoms with Gasteiger partial charge in [-0.15, -0.1) is 0 Å². The predicted molar refractivity (Wildman–Crippen MR) is 111 cm³/mol. The SMILES string of the molecule is CNC(=O)COc1ccc2c(c1OC)N/C(=C\C(=O)c1cccnc1)N1CCN=C21. The summed E-state index contributed by atoms with van der Waals surface area (Å²) >= 11 is 0. The number of hydrogen-bond acceptors (Lipinski definition) is 8. The summed E-state index contributed by atoms with van der Waals surface area (Å²) in [4.78, 5) is 34.8. The molecule has 2 N–H and O–H groups in total. The van der Waals surface area contributed by atoms with Crippen molar-refractivity contribution in [2.75, 3.05) is 39.2 Å². The molecule has 2 aliphatic rings. The highest BCUT2D eigenvalue weighted by Gasteiger charge is 2.33. The van der Waals surface area contributed by atoms with Crippen LogP contribution in [-0.2, 0) is 4.79 Å². The van der Waals surface area contributed by atoms with Gasteiger partial charge in [-0.05, 0) is 24.3 Å². The molecule has 0 spiro atoms. The van der Waals surface area contributed by atoms with Crippen LogP contribution >= 0.6 is 0 Å². The van der Waals surface area contributed by atoms with Gasteiger partial charge in [0.15, 0.2) is 23.9 Å². The van der Waals surface area contributed by atoms with Gasteiger partial charge in [0, 0.05) is 43.2 Å². The van der Waals surface area contributed by atoms with Gasteiger partial charge in [-0.3, -0.25) is 19.6 Å². The van der Waals surface area contributed by atoms with Crippen LogP contribution in [0, 0.1) is 0 Å². The van der Waals surface area contributed by atoms with Gasteiger partial charge in [0.2, 0.25) is 0 Å². The fourth-order valence-corrected chi connectivity index (χ4v) is 3.34. The number of fused-ring (bicyclic) bond motifs is 3. The van der Waals surface area contributed by atoms with E-state index in [4.69, 9.17) is 9.47 Å². The molecule has 9 nitrogen and oxygen atoms in total. The van der Waals surface area contributed by atoms with Crippen molar-refractivity contribution >= 4 is 23.2 Å². The molecule has 30 heavy (non-hydrogen) atoms.